The van der Waals surface area contributed by atoms with E-state index in [4.69, 9.17) is 9.84 Å². The summed E-state index contributed by atoms with van der Waals surface area (Å²) < 4.78 is 7.35. The number of quaternary nitrogens is 1. The van der Waals surface area contributed by atoms with Crippen LogP contribution in [0.15, 0.2) is 48.8 Å². The Balaban J connectivity index is 1.19. The summed E-state index contributed by atoms with van der Waals surface area (Å²) in [7, 11) is 1.70. The molecule has 2 aliphatic rings. The molecule has 1 aliphatic heterocycles. The van der Waals surface area contributed by atoms with Gasteiger partial charge in [-0.15, -0.1) is 5.10 Å². The fourth-order valence-electron chi connectivity index (χ4n) is 6.37. The minimum absolute atomic E-state index is 0.101. The third kappa shape index (κ3) is 6.40. The maximum absolute atomic E-state index is 10.1. The van der Waals surface area contributed by atoms with E-state index in [1.807, 2.05) is 25.4 Å². The monoisotopic (exact) mass is 571 g/mol. The van der Waals surface area contributed by atoms with E-state index in [-0.39, 0.29) is 12.1 Å². The topological polar surface area (TPSA) is 105 Å². The fraction of sp³-hybridized carbons (Fsp3) is 0.500. The molecule has 10 heteroatoms. The van der Waals surface area contributed by atoms with Crippen LogP contribution in [0.2, 0.25) is 0 Å². The van der Waals surface area contributed by atoms with Crippen molar-refractivity contribution < 1.29 is 14.7 Å². The van der Waals surface area contributed by atoms with E-state index in [9.17, 15) is 5.11 Å². The average Bonchev–Trinajstić information content (AvgIpc) is 3.37. The number of aryl methyl sites for hydroxylation is 1. The first kappa shape index (κ1) is 28.5. The van der Waals surface area contributed by atoms with Crippen molar-refractivity contribution in [3.63, 3.8) is 0 Å². The van der Waals surface area contributed by atoms with Gasteiger partial charge in [0, 0.05) is 47.8 Å². The van der Waals surface area contributed by atoms with Crippen LogP contribution < -0.4 is 15.1 Å². The predicted octanol–water partition coefficient (Wildman–Crippen LogP) is 2.87. The van der Waals surface area contributed by atoms with Gasteiger partial charge >= 0.3 is 0 Å². The van der Waals surface area contributed by atoms with Crippen LogP contribution in [-0.2, 0) is 11.3 Å². The highest BCUT2D eigenvalue weighted by Crippen LogP contribution is 2.37. The number of nitrogens with zero attached hydrogens (tertiary/aromatic N) is 6. The Hall–Kier alpha value is -3.60. The number of hydrogen-bond donors (Lipinski definition) is 3. The van der Waals surface area contributed by atoms with Gasteiger partial charge in [-0.05, 0) is 57.2 Å². The van der Waals surface area contributed by atoms with Crippen molar-refractivity contribution in [3.8, 4) is 11.1 Å². The van der Waals surface area contributed by atoms with Crippen LogP contribution in [0.25, 0.3) is 16.6 Å². The van der Waals surface area contributed by atoms with Crippen molar-refractivity contribution in [1.82, 2.24) is 24.6 Å². The Labute approximate surface area is 247 Å². The first-order chi connectivity index (χ1) is 20.5. The lowest BCUT2D eigenvalue weighted by molar-refractivity contribution is -0.914. The maximum Gasteiger partial charge on any atom is 0.241 e. The predicted molar refractivity (Wildman–Crippen MR) is 164 cm³/mol. The molecule has 1 aromatic carbocycles. The zero-order valence-corrected chi connectivity index (χ0v) is 25.0. The normalized spacial score (nSPS) is 20.6. The number of rotatable bonds is 9. The molecule has 42 heavy (non-hydrogen) atoms. The molecule has 3 N–H and O–H groups in total. The second-order valence-corrected chi connectivity index (χ2v) is 12.0. The van der Waals surface area contributed by atoms with E-state index in [1.54, 1.807) is 12.0 Å². The Kier molecular flexibility index (Phi) is 8.64. The van der Waals surface area contributed by atoms with Gasteiger partial charge in [0.2, 0.25) is 11.9 Å². The largest absolute Gasteiger partial charge is 0.393 e. The number of anilines is 2. The van der Waals surface area contributed by atoms with Gasteiger partial charge in [0.05, 0.1) is 50.6 Å². The lowest BCUT2D eigenvalue weighted by Crippen LogP contribution is -3.13. The van der Waals surface area contributed by atoms with Gasteiger partial charge in [0.1, 0.15) is 6.54 Å². The summed E-state index contributed by atoms with van der Waals surface area (Å²) in [6.45, 7) is 9.73. The number of fused-ring (bicyclic) bond motifs is 1. The molecule has 1 atom stereocenters. The molecular formula is C32H43N8O2+. The molecule has 0 radical (unpaired) electrons. The van der Waals surface area contributed by atoms with Crippen LogP contribution in [0.3, 0.4) is 0 Å². The summed E-state index contributed by atoms with van der Waals surface area (Å²) >= 11 is 0. The second-order valence-electron chi connectivity index (χ2n) is 12.0. The summed E-state index contributed by atoms with van der Waals surface area (Å²) in [6, 6.07) is 13.3. The summed E-state index contributed by atoms with van der Waals surface area (Å²) in [5, 5.41) is 18.4. The van der Waals surface area contributed by atoms with Crippen molar-refractivity contribution in [2.24, 2.45) is 0 Å². The quantitative estimate of drug-likeness (QED) is 0.282. The van der Waals surface area contributed by atoms with E-state index in [0.717, 1.165) is 81.1 Å². The highest BCUT2D eigenvalue weighted by Gasteiger charge is 2.26. The summed E-state index contributed by atoms with van der Waals surface area (Å²) in [5.41, 5.74) is 6.88. The lowest BCUT2D eigenvalue weighted by atomic mass is 9.85. The summed E-state index contributed by atoms with van der Waals surface area (Å²) in [4.78, 5) is 17.6. The number of aromatic nitrogens is 5. The Bertz CT molecular complexity index is 1470. The molecule has 0 bridgehead atoms. The van der Waals surface area contributed by atoms with Gasteiger partial charge in [-0.3, -0.25) is 0 Å². The molecule has 10 nitrogen and oxygen atoms in total. The van der Waals surface area contributed by atoms with Crippen molar-refractivity contribution in [1.29, 1.82) is 0 Å². The Morgan fingerprint density at radius 2 is 1.83 bits per heavy atom. The van der Waals surface area contributed by atoms with Crippen LogP contribution >= 0.6 is 0 Å². The number of aliphatic hydroxyl groups is 1. The molecule has 2 fully saturated rings. The van der Waals surface area contributed by atoms with Gasteiger partial charge in [0.15, 0.2) is 0 Å². The molecule has 1 saturated heterocycles. The van der Waals surface area contributed by atoms with Crippen molar-refractivity contribution in [2.45, 2.75) is 64.1 Å². The molecule has 1 aliphatic carbocycles. The molecule has 0 unspecified atom stereocenters. The lowest BCUT2D eigenvalue weighted by Gasteiger charge is -2.32. The number of nitrogens with one attached hydrogen (secondary N) is 2. The molecule has 4 aromatic rings. The zero-order valence-electron chi connectivity index (χ0n) is 25.0. The molecule has 222 valence electrons. The Morgan fingerprint density at radius 1 is 1.07 bits per heavy atom. The molecular weight excluding hydrogens is 528 g/mol. The van der Waals surface area contributed by atoms with E-state index in [0.29, 0.717) is 18.5 Å². The third-order valence-corrected chi connectivity index (χ3v) is 8.71. The van der Waals surface area contributed by atoms with Crippen LogP contribution in [0.4, 0.5) is 11.9 Å². The van der Waals surface area contributed by atoms with E-state index < -0.39 is 0 Å². The van der Waals surface area contributed by atoms with Gasteiger partial charge in [-0.2, -0.15) is 0 Å². The Morgan fingerprint density at radius 3 is 2.55 bits per heavy atom. The third-order valence-electron chi connectivity index (χ3n) is 8.71. The highest BCUT2D eigenvalue weighted by molar-refractivity contribution is 5.81. The first-order valence-corrected chi connectivity index (χ1v) is 15.3. The number of piperazine rings is 1. The molecule has 0 spiro atoms. The minimum atomic E-state index is -0.192. The molecule has 3 aromatic heterocycles. The van der Waals surface area contributed by atoms with Crippen molar-refractivity contribution in [2.75, 3.05) is 50.1 Å². The number of hydrogen-bond acceptors (Lipinski definition) is 8. The number of aliphatic hydroxyl groups excluding tert-OH is 1. The van der Waals surface area contributed by atoms with Crippen molar-refractivity contribution >= 4 is 17.4 Å². The number of methoxy groups -OCH3 is 1. The molecule has 4 heterocycles. The standard InChI is InChI=1S/C32H42N8O2/c1-22-12-13-33-32(36-22)39-16-14-38(15-17-39)20-24-4-6-25(7-5-24)28-18-29(26-8-10-27(41)11-9-26)40-30(28)19-34-31(37-40)35-23(2)21-42-3/h4-7,12-13,18-19,23,26-27,41H,8-11,14-17,20-21H2,1-3H3,(H,35,37)/p+1/t23-,26?,27?/m0/s1. The van der Waals surface area contributed by atoms with Crippen LogP contribution in [-0.4, -0.2) is 81.7 Å². The number of ether oxygens (including phenoxy) is 1. The smallest absolute Gasteiger partial charge is 0.241 e. The van der Waals surface area contributed by atoms with Crippen LogP contribution in [0, 0.1) is 6.92 Å². The maximum atomic E-state index is 10.1. The second kappa shape index (κ2) is 12.7. The summed E-state index contributed by atoms with van der Waals surface area (Å²) in [6.07, 6.45) is 7.17. The van der Waals surface area contributed by atoms with Gasteiger partial charge in [0.25, 0.3) is 0 Å². The van der Waals surface area contributed by atoms with E-state index >= 15 is 0 Å². The minimum Gasteiger partial charge on any atom is -0.393 e. The molecule has 1 saturated carbocycles. The average molecular weight is 572 g/mol. The van der Waals surface area contributed by atoms with Gasteiger partial charge in [-0.25, -0.2) is 19.5 Å². The number of benzene rings is 1. The van der Waals surface area contributed by atoms with Crippen molar-refractivity contribution in [3.05, 3.63) is 65.7 Å². The van der Waals surface area contributed by atoms with E-state index in [2.05, 4.69) is 66.9 Å². The zero-order chi connectivity index (χ0) is 29.1. The fourth-order valence-corrected chi connectivity index (χ4v) is 6.37. The van der Waals surface area contributed by atoms with Crippen LogP contribution in [0.5, 0.6) is 0 Å². The highest BCUT2D eigenvalue weighted by atomic mass is 16.5. The van der Waals surface area contributed by atoms with E-state index in [1.165, 1.54) is 16.8 Å². The van der Waals surface area contributed by atoms with Gasteiger partial charge in [-0.1, -0.05) is 24.3 Å². The molecule has 0 amide bonds. The van der Waals surface area contributed by atoms with Gasteiger partial charge < -0.3 is 25.0 Å². The SMILES string of the molecule is COC[C@H](C)Nc1ncc2c(-c3ccc(C[NH+]4CCN(c5nccc(C)n5)CC4)cc3)cc(C3CCC(O)CC3)n2n1. The van der Waals surface area contributed by atoms with Crippen LogP contribution in [0.1, 0.15) is 55.5 Å². The summed E-state index contributed by atoms with van der Waals surface area (Å²) in [5.74, 6) is 1.80. The first-order valence-electron chi connectivity index (χ1n) is 15.3. The molecule has 6 rings (SSSR count).